The molecule has 0 radical (unpaired) electrons. The summed E-state index contributed by atoms with van der Waals surface area (Å²) in [4.78, 5) is 4.68. The van der Waals surface area contributed by atoms with Gasteiger partial charge in [-0.25, -0.2) is 9.67 Å². The molecule has 2 aromatic rings. The van der Waals surface area contributed by atoms with Crippen molar-refractivity contribution in [3.8, 4) is 11.5 Å². The standard InChI is InChI=1S/C17H21N3O2/c1-3-20-17(13-7-4-5-8-13)18-16(19-20)12-22-15-10-6-9-14(11-15)21-2/h4-6,9-11,13H,3,7-8,12H2,1-2H3. The van der Waals surface area contributed by atoms with E-state index in [0.29, 0.717) is 12.5 Å². The van der Waals surface area contributed by atoms with Gasteiger partial charge in [0.25, 0.3) is 0 Å². The molecule has 0 bridgehead atoms. The van der Waals surface area contributed by atoms with Crippen LogP contribution in [0.5, 0.6) is 11.5 Å². The zero-order valence-electron chi connectivity index (χ0n) is 13.0. The van der Waals surface area contributed by atoms with Crippen LogP contribution in [0.4, 0.5) is 0 Å². The van der Waals surface area contributed by atoms with Crippen LogP contribution in [-0.2, 0) is 13.2 Å². The van der Waals surface area contributed by atoms with Crippen molar-refractivity contribution in [2.24, 2.45) is 0 Å². The second-order valence-electron chi connectivity index (χ2n) is 5.31. The number of aromatic nitrogens is 3. The molecule has 1 aromatic heterocycles. The van der Waals surface area contributed by atoms with Crippen LogP contribution < -0.4 is 9.47 Å². The quantitative estimate of drug-likeness (QED) is 0.768. The lowest BCUT2D eigenvalue weighted by molar-refractivity contribution is 0.293. The summed E-state index contributed by atoms with van der Waals surface area (Å²) >= 11 is 0. The van der Waals surface area contributed by atoms with Gasteiger partial charge in [-0.15, -0.1) is 0 Å². The van der Waals surface area contributed by atoms with Crippen LogP contribution in [0.2, 0.25) is 0 Å². The minimum absolute atomic E-state index is 0.368. The van der Waals surface area contributed by atoms with Crippen molar-refractivity contribution in [1.29, 1.82) is 0 Å². The lowest BCUT2D eigenvalue weighted by Gasteiger charge is -2.08. The molecular weight excluding hydrogens is 278 g/mol. The molecule has 0 unspecified atom stereocenters. The van der Waals surface area contributed by atoms with Crippen LogP contribution in [0, 0.1) is 0 Å². The third-order valence-corrected chi connectivity index (χ3v) is 3.83. The average Bonchev–Trinajstić information content (AvgIpc) is 3.22. The summed E-state index contributed by atoms with van der Waals surface area (Å²) in [5.41, 5.74) is 0. The van der Waals surface area contributed by atoms with Gasteiger partial charge < -0.3 is 9.47 Å². The van der Waals surface area contributed by atoms with Gasteiger partial charge in [-0.1, -0.05) is 18.2 Å². The van der Waals surface area contributed by atoms with Crippen molar-refractivity contribution in [2.45, 2.75) is 38.8 Å². The van der Waals surface area contributed by atoms with Crippen LogP contribution in [0.3, 0.4) is 0 Å². The highest BCUT2D eigenvalue weighted by Crippen LogP contribution is 2.28. The highest BCUT2D eigenvalue weighted by Gasteiger charge is 2.20. The molecule has 0 N–H and O–H groups in total. The zero-order valence-corrected chi connectivity index (χ0v) is 13.0. The van der Waals surface area contributed by atoms with E-state index < -0.39 is 0 Å². The lowest BCUT2D eigenvalue weighted by Crippen LogP contribution is -2.07. The fourth-order valence-electron chi connectivity index (χ4n) is 2.67. The van der Waals surface area contributed by atoms with Crippen molar-refractivity contribution in [3.05, 3.63) is 48.1 Å². The predicted molar refractivity (Wildman–Crippen MR) is 84.1 cm³/mol. The van der Waals surface area contributed by atoms with Crippen molar-refractivity contribution in [3.63, 3.8) is 0 Å². The van der Waals surface area contributed by atoms with Gasteiger partial charge in [0.05, 0.1) is 7.11 Å². The molecule has 0 atom stereocenters. The number of nitrogens with zero attached hydrogens (tertiary/aromatic N) is 3. The number of hydrogen-bond acceptors (Lipinski definition) is 4. The Bertz CT molecular complexity index is 656. The summed E-state index contributed by atoms with van der Waals surface area (Å²) in [5.74, 6) is 3.79. The highest BCUT2D eigenvalue weighted by atomic mass is 16.5. The molecule has 116 valence electrons. The molecule has 1 aliphatic rings. The Hall–Kier alpha value is -2.30. The van der Waals surface area contributed by atoms with E-state index >= 15 is 0 Å². The summed E-state index contributed by atoms with van der Waals surface area (Å²) in [6.45, 7) is 3.29. The van der Waals surface area contributed by atoms with Gasteiger partial charge in [-0.05, 0) is 31.9 Å². The van der Waals surface area contributed by atoms with Gasteiger partial charge in [-0.3, -0.25) is 0 Å². The van der Waals surface area contributed by atoms with Crippen LogP contribution in [0.25, 0.3) is 0 Å². The van der Waals surface area contributed by atoms with Gasteiger partial charge in [0, 0.05) is 18.5 Å². The smallest absolute Gasteiger partial charge is 0.188 e. The van der Waals surface area contributed by atoms with Crippen molar-refractivity contribution in [2.75, 3.05) is 7.11 Å². The summed E-state index contributed by atoms with van der Waals surface area (Å²) < 4.78 is 13.0. The zero-order chi connectivity index (χ0) is 15.4. The number of benzene rings is 1. The van der Waals surface area contributed by atoms with Crippen molar-refractivity contribution < 1.29 is 9.47 Å². The van der Waals surface area contributed by atoms with E-state index in [1.807, 2.05) is 28.9 Å². The van der Waals surface area contributed by atoms with Gasteiger partial charge in [0.15, 0.2) is 5.82 Å². The predicted octanol–water partition coefficient (Wildman–Crippen LogP) is 3.32. The molecule has 1 heterocycles. The fraction of sp³-hybridized carbons (Fsp3) is 0.412. The minimum atomic E-state index is 0.368. The van der Waals surface area contributed by atoms with Gasteiger partial charge in [-0.2, -0.15) is 5.10 Å². The van der Waals surface area contributed by atoms with E-state index in [1.165, 1.54) is 0 Å². The molecule has 3 rings (SSSR count). The van der Waals surface area contributed by atoms with Crippen LogP contribution in [0.15, 0.2) is 36.4 Å². The summed E-state index contributed by atoms with van der Waals surface area (Å²) in [6.07, 6.45) is 6.53. The molecule has 0 saturated heterocycles. The lowest BCUT2D eigenvalue weighted by atomic mass is 10.1. The van der Waals surface area contributed by atoms with E-state index in [4.69, 9.17) is 9.47 Å². The van der Waals surface area contributed by atoms with Gasteiger partial charge in [0.1, 0.15) is 23.9 Å². The number of hydrogen-bond donors (Lipinski definition) is 0. The molecule has 0 fully saturated rings. The number of aryl methyl sites for hydroxylation is 1. The van der Waals surface area contributed by atoms with Crippen LogP contribution in [-0.4, -0.2) is 21.9 Å². The number of allylic oxidation sites excluding steroid dienone is 2. The topological polar surface area (TPSA) is 49.2 Å². The molecule has 0 aliphatic heterocycles. The summed E-state index contributed by atoms with van der Waals surface area (Å²) in [5, 5.41) is 4.55. The minimum Gasteiger partial charge on any atom is -0.497 e. The normalized spacial score (nSPS) is 14.5. The first kappa shape index (κ1) is 14.6. The molecule has 0 saturated carbocycles. The largest absolute Gasteiger partial charge is 0.497 e. The Kier molecular flexibility index (Phi) is 4.42. The SMILES string of the molecule is CCn1nc(COc2cccc(OC)c2)nc1C1CC=CC1. The molecule has 0 amide bonds. The summed E-state index contributed by atoms with van der Waals surface area (Å²) in [6, 6.07) is 7.56. The third kappa shape index (κ3) is 3.13. The third-order valence-electron chi connectivity index (χ3n) is 3.83. The Morgan fingerprint density at radius 1 is 1.23 bits per heavy atom. The number of methoxy groups -OCH3 is 1. The molecular formula is C17H21N3O2. The molecule has 22 heavy (non-hydrogen) atoms. The molecule has 5 heteroatoms. The fourth-order valence-corrected chi connectivity index (χ4v) is 2.67. The van der Waals surface area contributed by atoms with E-state index in [9.17, 15) is 0 Å². The van der Waals surface area contributed by atoms with Crippen molar-refractivity contribution >= 4 is 0 Å². The number of ether oxygens (including phenoxy) is 2. The summed E-state index contributed by atoms with van der Waals surface area (Å²) in [7, 11) is 1.64. The maximum atomic E-state index is 5.78. The molecule has 0 spiro atoms. The Morgan fingerprint density at radius 2 is 2.00 bits per heavy atom. The molecule has 1 aromatic carbocycles. The molecule has 5 nitrogen and oxygen atoms in total. The van der Waals surface area contributed by atoms with Gasteiger partial charge >= 0.3 is 0 Å². The van der Waals surface area contributed by atoms with Crippen LogP contribution >= 0.6 is 0 Å². The maximum absolute atomic E-state index is 5.78. The van der Waals surface area contributed by atoms with E-state index in [1.54, 1.807) is 7.11 Å². The first-order chi connectivity index (χ1) is 10.8. The van der Waals surface area contributed by atoms with E-state index in [-0.39, 0.29) is 0 Å². The first-order valence-corrected chi connectivity index (χ1v) is 7.65. The molecule has 1 aliphatic carbocycles. The highest BCUT2D eigenvalue weighted by molar-refractivity contribution is 5.32. The number of rotatable bonds is 6. The Morgan fingerprint density at radius 3 is 2.73 bits per heavy atom. The first-order valence-electron chi connectivity index (χ1n) is 7.65. The van der Waals surface area contributed by atoms with Crippen LogP contribution in [0.1, 0.15) is 37.3 Å². The Labute approximate surface area is 130 Å². The Balaban J connectivity index is 1.69. The average molecular weight is 299 g/mol. The van der Waals surface area contributed by atoms with E-state index in [2.05, 4.69) is 29.2 Å². The van der Waals surface area contributed by atoms with E-state index in [0.717, 1.165) is 42.5 Å². The monoisotopic (exact) mass is 299 g/mol. The van der Waals surface area contributed by atoms with Crippen molar-refractivity contribution in [1.82, 2.24) is 14.8 Å². The second-order valence-corrected chi connectivity index (χ2v) is 5.31. The second kappa shape index (κ2) is 6.64. The maximum Gasteiger partial charge on any atom is 0.188 e. The van der Waals surface area contributed by atoms with Gasteiger partial charge in [0.2, 0.25) is 0 Å².